The summed E-state index contributed by atoms with van der Waals surface area (Å²) < 4.78 is 16.4. The van der Waals surface area contributed by atoms with Crippen LogP contribution < -0.4 is 14.2 Å². The molecule has 0 bridgehead atoms. The smallest absolute Gasteiger partial charge is 0.150 e. The molecule has 0 spiro atoms. The predicted molar refractivity (Wildman–Crippen MR) is 80.3 cm³/mol. The van der Waals surface area contributed by atoms with Crippen LogP contribution in [0.5, 0.6) is 17.2 Å². The van der Waals surface area contributed by atoms with Crippen LogP contribution in [0.2, 0.25) is 0 Å². The molecule has 0 heterocycles. The summed E-state index contributed by atoms with van der Waals surface area (Å²) in [5.74, 6) is 2.24. The highest BCUT2D eigenvalue weighted by molar-refractivity contribution is 5.75. The minimum Gasteiger partial charge on any atom is -0.496 e. The van der Waals surface area contributed by atoms with E-state index in [4.69, 9.17) is 14.2 Å². The highest BCUT2D eigenvalue weighted by atomic mass is 16.5. The molecule has 2 aromatic rings. The van der Waals surface area contributed by atoms with Crippen LogP contribution >= 0.6 is 0 Å². The van der Waals surface area contributed by atoms with E-state index in [0.29, 0.717) is 24.5 Å². The number of ether oxygens (including phenoxy) is 3. The normalized spacial score (nSPS) is 10.0. The average molecular weight is 286 g/mol. The first-order valence-corrected chi connectivity index (χ1v) is 6.74. The Morgan fingerprint density at radius 3 is 2.24 bits per heavy atom. The van der Waals surface area contributed by atoms with E-state index in [-0.39, 0.29) is 0 Å². The van der Waals surface area contributed by atoms with Crippen LogP contribution in [-0.4, -0.2) is 20.0 Å². The molecule has 2 aromatic carbocycles. The van der Waals surface area contributed by atoms with Crippen molar-refractivity contribution in [2.45, 2.75) is 13.5 Å². The summed E-state index contributed by atoms with van der Waals surface area (Å²) in [4.78, 5) is 10.8. The molecule has 21 heavy (non-hydrogen) atoms. The summed E-state index contributed by atoms with van der Waals surface area (Å²) in [6.45, 7) is 2.91. The van der Waals surface area contributed by atoms with E-state index in [1.807, 2.05) is 31.2 Å². The fourth-order valence-corrected chi connectivity index (χ4v) is 1.94. The lowest BCUT2D eigenvalue weighted by molar-refractivity contribution is 0.112. The lowest BCUT2D eigenvalue weighted by Gasteiger charge is -2.11. The number of carbonyl (C=O) groups excluding carboxylic acids is 1. The van der Waals surface area contributed by atoms with Gasteiger partial charge in [-0.1, -0.05) is 0 Å². The molecule has 0 saturated carbocycles. The van der Waals surface area contributed by atoms with Crippen LogP contribution in [0.15, 0.2) is 42.5 Å². The standard InChI is InChI=1S/C17H18O4/c1-3-20-15-5-7-16(8-6-15)21-12-14-10-13(11-18)4-9-17(14)19-2/h4-11H,3,12H2,1-2H3. The van der Waals surface area contributed by atoms with Gasteiger partial charge in [-0.3, -0.25) is 4.79 Å². The second-order valence-corrected chi connectivity index (χ2v) is 4.38. The monoisotopic (exact) mass is 286 g/mol. The van der Waals surface area contributed by atoms with Gasteiger partial charge in [0.05, 0.1) is 13.7 Å². The predicted octanol–water partition coefficient (Wildman–Crippen LogP) is 3.49. The number of hydrogen-bond acceptors (Lipinski definition) is 4. The highest BCUT2D eigenvalue weighted by Gasteiger charge is 2.05. The van der Waals surface area contributed by atoms with Crippen LogP contribution in [0.3, 0.4) is 0 Å². The zero-order valence-electron chi connectivity index (χ0n) is 12.2. The first-order chi connectivity index (χ1) is 10.3. The van der Waals surface area contributed by atoms with Gasteiger partial charge in [0.15, 0.2) is 0 Å². The summed E-state index contributed by atoms with van der Waals surface area (Å²) in [6.07, 6.45) is 0.805. The van der Waals surface area contributed by atoms with Crippen molar-refractivity contribution >= 4 is 6.29 Å². The number of rotatable bonds is 7. The number of benzene rings is 2. The number of hydrogen-bond donors (Lipinski definition) is 0. The van der Waals surface area contributed by atoms with Gasteiger partial charge in [-0.15, -0.1) is 0 Å². The van der Waals surface area contributed by atoms with Crippen LogP contribution in [0.4, 0.5) is 0 Å². The van der Waals surface area contributed by atoms with Crippen molar-refractivity contribution in [2.24, 2.45) is 0 Å². The summed E-state index contributed by atoms with van der Waals surface area (Å²) in [6, 6.07) is 12.7. The Kier molecular flexibility index (Phi) is 5.21. The third-order valence-electron chi connectivity index (χ3n) is 2.97. The van der Waals surface area contributed by atoms with Gasteiger partial charge in [-0.25, -0.2) is 0 Å². The molecule has 0 fully saturated rings. The second kappa shape index (κ2) is 7.33. The van der Waals surface area contributed by atoms with Gasteiger partial charge in [0.2, 0.25) is 0 Å². The van der Waals surface area contributed by atoms with Gasteiger partial charge in [-0.05, 0) is 49.4 Å². The van der Waals surface area contributed by atoms with E-state index >= 15 is 0 Å². The zero-order valence-corrected chi connectivity index (χ0v) is 12.2. The van der Waals surface area contributed by atoms with E-state index in [2.05, 4.69) is 0 Å². The fourth-order valence-electron chi connectivity index (χ4n) is 1.94. The molecule has 0 saturated heterocycles. The largest absolute Gasteiger partial charge is 0.496 e. The topological polar surface area (TPSA) is 44.8 Å². The quantitative estimate of drug-likeness (QED) is 0.731. The summed E-state index contributed by atoms with van der Waals surface area (Å²) in [7, 11) is 1.59. The Morgan fingerprint density at radius 2 is 1.67 bits per heavy atom. The molecule has 4 nitrogen and oxygen atoms in total. The van der Waals surface area contributed by atoms with E-state index < -0.39 is 0 Å². The molecule has 0 atom stereocenters. The molecular formula is C17H18O4. The zero-order chi connectivity index (χ0) is 15.1. The van der Waals surface area contributed by atoms with Crippen molar-refractivity contribution in [2.75, 3.05) is 13.7 Å². The SMILES string of the molecule is CCOc1ccc(OCc2cc(C=O)ccc2OC)cc1. The van der Waals surface area contributed by atoms with Gasteiger partial charge < -0.3 is 14.2 Å². The van der Waals surface area contributed by atoms with Gasteiger partial charge in [0.25, 0.3) is 0 Å². The van der Waals surface area contributed by atoms with Gasteiger partial charge >= 0.3 is 0 Å². The van der Waals surface area contributed by atoms with Crippen molar-refractivity contribution in [3.05, 3.63) is 53.6 Å². The highest BCUT2D eigenvalue weighted by Crippen LogP contribution is 2.23. The molecule has 0 unspecified atom stereocenters. The molecule has 0 radical (unpaired) electrons. The second-order valence-electron chi connectivity index (χ2n) is 4.38. The van der Waals surface area contributed by atoms with Crippen molar-refractivity contribution < 1.29 is 19.0 Å². The van der Waals surface area contributed by atoms with Crippen molar-refractivity contribution in [1.29, 1.82) is 0 Å². The first-order valence-electron chi connectivity index (χ1n) is 6.74. The summed E-state index contributed by atoms with van der Waals surface area (Å²) >= 11 is 0. The molecule has 110 valence electrons. The Labute approximate surface area is 124 Å². The van der Waals surface area contributed by atoms with Crippen LogP contribution in [0.25, 0.3) is 0 Å². The number of carbonyl (C=O) groups is 1. The molecule has 4 heteroatoms. The Morgan fingerprint density at radius 1 is 1.00 bits per heavy atom. The van der Waals surface area contributed by atoms with E-state index in [0.717, 1.165) is 23.3 Å². The molecule has 0 aliphatic rings. The number of aldehydes is 1. The lowest BCUT2D eigenvalue weighted by atomic mass is 10.1. The van der Waals surface area contributed by atoms with Gasteiger partial charge in [0, 0.05) is 11.1 Å². The maximum Gasteiger partial charge on any atom is 0.150 e. The maximum absolute atomic E-state index is 10.8. The van der Waals surface area contributed by atoms with Crippen LogP contribution in [0, 0.1) is 0 Å². The van der Waals surface area contributed by atoms with Crippen molar-refractivity contribution in [3.63, 3.8) is 0 Å². The molecule has 0 aliphatic carbocycles. The van der Waals surface area contributed by atoms with Crippen molar-refractivity contribution in [1.82, 2.24) is 0 Å². The van der Waals surface area contributed by atoms with Gasteiger partial charge in [0.1, 0.15) is 30.1 Å². The summed E-state index contributed by atoms with van der Waals surface area (Å²) in [5, 5.41) is 0. The van der Waals surface area contributed by atoms with Gasteiger partial charge in [-0.2, -0.15) is 0 Å². The maximum atomic E-state index is 10.8. The van der Waals surface area contributed by atoms with Crippen LogP contribution in [0.1, 0.15) is 22.8 Å². The summed E-state index contributed by atoms with van der Waals surface area (Å²) in [5.41, 5.74) is 1.43. The first kappa shape index (κ1) is 14.9. The Balaban J connectivity index is 2.06. The average Bonchev–Trinajstić information content (AvgIpc) is 2.54. The van der Waals surface area contributed by atoms with Crippen LogP contribution in [-0.2, 0) is 6.61 Å². The minimum absolute atomic E-state index is 0.332. The lowest BCUT2D eigenvalue weighted by Crippen LogP contribution is -2.00. The van der Waals surface area contributed by atoms with E-state index in [1.54, 1.807) is 25.3 Å². The third kappa shape index (κ3) is 3.99. The Bertz CT molecular complexity index is 590. The molecule has 0 N–H and O–H groups in total. The molecule has 2 rings (SSSR count). The number of methoxy groups -OCH3 is 1. The molecular weight excluding hydrogens is 268 g/mol. The fraction of sp³-hybridized carbons (Fsp3) is 0.235. The Hall–Kier alpha value is -2.49. The molecule has 0 amide bonds. The van der Waals surface area contributed by atoms with E-state index in [1.165, 1.54) is 0 Å². The third-order valence-corrected chi connectivity index (χ3v) is 2.97. The molecule has 0 aromatic heterocycles. The minimum atomic E-state index is 0.332. The van der Waals surface area contributed by atoms with Crippen molar-refractivity contribution in [3.8, 4) is 17.2 Å². The molecule has 0 aliphatic heterocycles. The van der Waals surface area contributed by atoms with E-state index in [9.17, 15) is 4.79 Å².